The highest BCUT2D eigenvalue weighted by Crippen LogP contribution is 2.28. The van der Waals surface area contributed by atoms with Crippen molar-refractivity contribution in [3.05, 3.63) is 5.82 Å². The smallest absolute Gasteiger partial charge is 0.170 e. The van der Waals surface area contributed by atoms with Gasteiger partial charge in [-0.2, -0.15) is 4.37 Å². The van der Waals surface area contributed by atoms with Crippen molar-refractivity contribution in [1.82, 2.24) is 9.36 Å². The predicted molar refractivity (Wildman–Crippen MR) is 65.8 cm³/mol. The largest absolute Gasteiger partial charge is 0.388 e. The van der Waals surface area contributed by atoms with Crippen LogP contribution in [0.4, 0.5) is 0 Å². The first-order valence-electron chi connectivity index (χ1n) is 4.97. The molecule has 0 saturated heterocycles. The number of hydrogen-bond donors (Lipinski definition) is 2. The van der Waals surface area contributed by atoms with Crippen LogP contribution in [0, 0.1) is 5.41 Å². The number of aromatic nitrogens is 2. The molecule has 1 unspecified atom stereocenters. The van der Waals surface area contributed by atoms with E-state index in [1.807, 2.05) is 6.92 Å². The normalized spacial score (nSPS) is 12.7. The molecule has 0 radical (unpaired) electrons. The molecule has 4 nitrogen and oxygen atoms in total. The summed E-state index contributed by atoms with van der Waals surface area (Å²) in [5.74, 6) is 1.15. The minimum atomic E-state index is 0.245. The van der Waals surface area contributed by atoms with Crippen LogP contribution in [0.15, 0.2) is 4.34 Å². The van der Waals surface area contributed by atoms with Crippen LogP contribution in [0.3, 0.4) is 0 Å². The molecule has 0 aromatic carbocycles. The van der Waals surface area contributed by atoms with E-state index < -0.39 is 0 Å². The van der Waals surface area contributed by atoms with Crippen LogP contribution in [-0.2, 0) is 6.42 Å². The first kappa shape index (κ1) is 12.4. The van der Waals surface area contributed by atoms with Gasteiger partial charge in [0.2, 0.25) is 0 Å². The molecule has 1 rings (SSSR count). The molecule has 0 aliphatic heterocycles. The van der Waals surface area contributed by atoms with Gasteiger partial charge in [-0.3, -0.25) is 5.41 Å². The van der Waals surface area contributed by atoms with Crippen molar-refractivity contribution in [3.63, 3.8) is 0 Å². The van der Waals surface area contributed by atoms with Crippen LogP contribution in [0.1, 0.15) is 32.5 Å². The maximum Gasteiger partial charge on any atom is 0.170 e. The molecule has 1 atom stereocenters. The molecule has 1 aromatic rings. The Morgan fingerprint density at radius 1 is 1.60 bits per heavy atom. The van der Waals surface area contributed by atoms with Crippen molar-refractivity contribution in [1.29, 1.82) is 5.41 Å². The minimum absolute atomic E-state index is 0.245. The van der Waals surface area contributed by atoms with Gasteiger partial charge in [-0.25, -0.2) is 4.98 Å². The van der Waals surface area contributed by atoms with Gasteiger partial charge in [0.15, 0.2) is 4.34 Å². The molecular weight excluding hydrogens is 228 g/mol. The lowest BCUT2D eigenvalue weighted by Crippen LogP contribution is -2.16. The van der Waals surface area contributed by atoms with Crippen LogP contribution in [0.25, 0.3) is 0 Å². The summed E-state index contributed by atoms with van der Waals surface area (Å²) in [6.45, 7) is 4.14. The Balaban J connectivity index is 2.54. The average molecular weight is 244 g/mol. The molecule has 1 aromatic heterocycles. The first-order chi connectivity index (χ1) is 7.15. The second-order valence-corrected chi connectivity index (χ2v) is 5.51. The number of nitrogens with zero attached hydrogens (tertiary/aromatic N) is 2. The van der Waals surface area contributed by atoms with E-state index in [1.165, 1.54) is 11.5 Å². The molecule has 0 saturated carbocycles. The van der Waals surface area contributed by atoms with Crippen LogP contribution in [0.5, 0.6) is 0 Å². The van der Waals surface area contributed by atoms with Crippen molar-refractivity contribution in [3.8, 4) is 0 Å². The third-order valence-electron chi connectivity index (χ3n) is 1.94. The SMILES string of the molecule is CCc1nsc(SC(CC)CC(=N)N)n1. The van der Waals surface area contributed by atoms with Gasteiger partial charge in [-0.05, 0) is 18.0 Å². The van der Waals surface area contributed by atoms with Crippen molar-refractivity contribution in [2.45, 2.75) is 42.7 Å². The summed E-state index contributed by atoms with van der Waals surface area (Å²) < 4.78 is 5.21. The lowest BCUT2D eigenvalue weighted by atomic mass is 10.2. The Hall–Kier alpha value is -0.620. The number of aryl methyl sites for hydroxylation is 1. The fraction of sp³-hybridized carbons (Fsp3) is 0.667. The van der Waals surface area contributed by atoms with Gasteiger partial charge in [-0.15, -0.1) is 0 Å². The highest BCUT2D eigenvalue weighted by Gasteiger charge is 2.12. The molecule has 6 heteroatoms. The quantitative estimate of drug-likeness (QED) is 0.457. The van der Waals surface area contributed by atoms with E-state index in [1.54, 1.807) is 11.8 Å². The van der Waals surface area contributed by atoms with Gasteiger partial charge in [0.25, 0.3) is 0 Å². The molecule has 0 aliphatic carbocycles. The summed E-state index contributed by atoms with van der Waals surface area (Å²) >= 11 is 3.11. The number of nitrogens with two attached hydrogens (primary N) is 1. The Morgan fingerprint density at radius 2 is 2.33 bits per heavy atom. The summed E-state index contributed by atoms with van der Waals surface area (Å²) in [6, 6.07) is 0. The maximum absolute atomic E-state index is 7.27. The summed E-state index contributed by atoms with van der Waals surface area (Å²) in [5.41, 5.74) is 5.39. The van der Waals surface area contributed by atoms with Gasteiger partial charge in [0.1, 0.15) is 5.82 Å². The zero-order valence-electron chi connectivity index (χ0n) is 8.99. The second-order valence-electron chi connectivity index (χ2n) is 3.21. The summed E-state index contributed by atoms with van der Waals surface area (Å²) in [5, 5.41) is 7.61. The van der Waals surface area contributed by atoms with Crippen LogP contribution in [0.2, 0.25) is 0 Å². The van der Waals surface area contributed by atoms with Gasteiger partial charge in [0, 0.05) is 18.1 Å². The Bertz CT molecular complexity index is 324. The number of thioether (sulfide) groups is 1. The molecule has 0 spiro atoms. The fourth-order valence-corrected chi connectivity index (χ4v) is 3.15. The molecule has 0 fully saturated rings. The first-order valence-corrected chi connectivity index (χ1v) is 6.63. The molecule has 1 heterocycles. The Labute approximate surface area is 98.4 Å². The molecule has 0 amide bonds. The van der Waals surface area contributed by atoms with Crippen LogP contribution >= 0.6 is 23.3 Å². The standard InChI is InChI=1S/C9H16N4S2/c1-3-6(5-7(10)11)14-9-12-8(4-2)13-15-9/h6H,3-5H2,1-2H3,(H3,10,11). The molecular formula is C9H16N4S2. The van der Waals surface area contributed by atoms with Crippen LogP contribution in [-0.4, -0.2) is 20.4 Å². The van der Waals surface area contributed by atoms with Crippen molar-refractivity contribution in [2.24, 2.45) is 5.73 Å². The summed E-state index contributed by atoms with van der Waals surface area (Å²) in [6.07, 6.45) is 2.49. The topological polar surface area (TPSA) is 75.7 Å². The van der Waals surface area contributed by atoms with Crippen molar-refractivity contribution in [2.75, 3.05) is 0 Å². The van der Waals surface area contributed by atoms with E-state index >= 15 is 0 Å². The molecule has 84 valence electrons. The average Bonchev–Trinajstić information content (AvgIpc) is 2.64. The number of rotatable bonds is 6. The van der Waals surface area contributed by atoms with Gasteiger partial charge < -0.3 is 5.73 Å². The number of amidine groups is 1. The Morgan fingerprint density at radius 3 is 2.80 bits per heavy atom. The Kier molecular flexibility index (Phi) is 5.04. The van der Waals surface area contributed by atoms with E-state index in [2.05, 4.69) is 16.3 Å². The van der Waals surface area contributed by atoms with Gasteiger partial charge in [0.05, 0.1) is 5.84 Å². The zero-order chi connectivity index (χ0) is 11.3. The lowest BCUT2D eigenvalue weighted by Gasteiger charge is -2.10. The zero-order valence-corrected chi connectivity index (χ0v) is 10.6. The summed E-state index contributed by atoms with van der Waals surface area (Å²) in [4.78, 5) is 4.38. The summed E-state index contributed by atoms with van der Waals surface area (Å²) in [7, 11) is 0. The molecule has 3 N–H and O–H groups in total. The minimum Gasteiger partial charge on any atom is -0.388 e. The highest BCUT2D eigenvalue weighted by molar-refractivity contribution is 8.01. The fourth-order valence-electron chi connectivity index (χ4n) is 1.09. The number of hydrogen-bond acceptors (Lipinski definition) is 5. The van der Waals surface area contributed by atoms with Crippen LogP contribution < -0.4 is 5.73 Å². The molecule has 0 bridgehead atoms. The monoisotopic (exact) mass is 244 g/mol. The highest BCUT2D eigenvalue weighted by atomic mass is 32.2. The number of nitrogens with one attached hydrogen (secondary N) is 1. The van der Waals surface area contributed by atoms with E-state index in [9.17, 15) is 0 Å². The van der Waals surface area contributed by atoms with Crippen molar-refractivity contribution < 1.29 is 0 Å². The molecule has 0 aliphatic rings. The van der Waals surface area contributed by atoms with E-state index in [0.717, 1.165) is 23.0 Å². The van der Waals surface area contributed by atoms with Gasteiger partial charge >= 0.3 is 0 Å². The second kappa shape index (κ2) is 6.07. The third-order valence-corrected chi connectivity index (χ3v) is 4.12. The van der Waals surface area contributed by atoms with E-state index in [4.69, 9.17) is 11.1 Å². The van der Waals surface area contributed by atoms with E-state index in [-0.39, 0.29) is 5.84 Å². The van der Waals surface area contributed by atoms with Crippen molar-refractivity contribution >= 4 is 29.1 Å². The maximum atomic E-state index is 7.27. The lowest BCUT2D eigenvalue weighted by molar-refractivity contribution is 0.846. The molecule has 15 heavy (non-hydrogen) atoms. The van der Waals surface area contributed by atoms with Gasteiger partial charge in [-0.1, -0.05) is 25.6 Å². The third kappa shape index (κ3) is 4.17. The predicted octanol–water partition coefficient (Wildman–Crippen LogP) is 2.30. The van der Waals surface area contributed by atoms with E-state index in [0.29, 0.717) is 11.7 Å².